The van der Waals surface area contributed by atoms with Crippen LogP contribution in [0.5, 0.6) is 0 Å². The van der Waals surface area contributed by atoms with Crippen LogP contribution in [0.1, 0.15) is 25.5 Å². The number of ether oxygens (including phenoxy) is 1. The molecule has 4 nitrogen and oxygen atoms in total. The number of halogens is 2. The molecule has 0 aliphatic carbocycles. The van der Waals surface area contributed by atoms with Gasteiger partial charge in [0.15, 0.2) is 0 Å². The fourth-order valence-corrected chi connectivity index (χ4v) is 2.59. The SMILES string of the molecule is CC(NC(=O)[C@H]1NCCO[C@@H]1C)c1ccc(F)cc1Cl. The fraction of sp³-hybridized carbons (Fsp3) is 0.500. The lowest BCUT2D eigenvalue weighted by atomic mass is 10.1. The highest BCUT2D eigenvalue weighted by Crippen LogP contribution is 2.23. The van der Waals surface area contributed by atoms with Crippen LogP contribution in [-0.2, 0) is 9.53 Å². The number of morpholine rings is 1. The molecule has 2 N–H and O–H groups in total. The van der Waals surface area contributed by atoms with E-state index < -0.39 is 5.82 Å². The predicted molar refractivity (Wildman–Crippen MR) is 75.2 cm³/mol. The lowest BCUT2D eigenvalue weighted by Crippen LogP contribution is -2.55. The Morgan fingerprint density at radius 2 is 2.35 bits per heavy atom. The Morgan fingerprint density at radius 3 is 3.00 bits per heavy atom. The summed E-state index contributed by atoms with van der Waals surface area (Å²) < 4.78 is 18.5. The summed E-state index contributed by atoms with van der Waals surface area (Å²) in [6.45, 7) is 4.91. The van der Waals surface area contributed by atoms with Gasteiger partial charge in [0.05, 0.1) is 18.8 Å². The maximum absolute atomic E-state index is 13.0. The molecule has 1 heterocycles. The maximum atomic E-state index is 13.0. The average molecular weight is 301 g/mol. The fourth-order valence-electron chi connectivity index (χ4n) is 2.26. The topological polar surface area (TPSA) is 50.4 Å². The third-order valence-electron chi connectivity index (χ3n) is 3.39. The number of nitrogens with one attached hydrogen (secondary N) is 2. The van der Waals surface area contributed by atoms with E-state index in [2.05, 4.69) is 10.6 Å². The van der Waals surface area contributed by atoms with E-state index in [1.807, 2.05) is 13.8 Å². The van der Waals surface area contributed by atoms with E-state index >= 15 is 0 Å². The Labute approximate surface area is 122 Å². The molecule has 1 aliphatic rings. The van der Waals surface area contributed by atoms with Crippen LogP contribution in [0.15, 0.2) is 18.2 Å². The van der Waals surface area contributed by atoms with Gasteiger partial charge < -0.3 is 15.4 Å². The Hall–Kier alpha value is -1.17. The van der Waals surface area contributed by atoms with Gasteiger partial charge in [-0.3, -0.25) is 4.79 Å². The lowest BCUT2D eigenvalue weighted by molar-refractivity contribution is -0.129. The van der Waals surface area contributed by atoms with Crippen molar-refractivity contribution in [1.29, 1.82) is 0 Å². The van der Waals surface area contributed by atoms with Crippen molar-refractivity contribution in [1.82, 2.24) is 10.6 Å². The molecule has 1 unspecified atom stereocenters. The average Bonchev–Trinajstić information content (AvgIpc) is 2.38. The molecule has 1 aromatic rings. The molecule has 0 aromatic heterocycles. The molecule has 0 bridgehead atoms. The Kier molecular flexibility index (Phi) is 4.96. The minimum Gasteiger partial charge on any atom is -0.375 e. The Morgan fingerprint density at radius 1 is 1.60 bits per heavy atom. The van der Waals surface area contributed by atoms with Gasteiger partial charge in [-0.15, -0.1) is 0 Å². The molecule has 20 heavy (non-hydrogen) atoms. The van der Waals surface area contributed by atoms with E-state index in [0.717, 1.165) is 0 Å². The van der Waals surface area contributed by atoms with E-state index in [9.17, 15) is 9.18 Å². The third-order valence-corrected chi connectivity index (χ3v) is 3.71. The molecule has 0 radical (unpaired) electrons. The Bertz CT molecular complexity index is 498. The van der Waals surface area contributed by atoms with Crippen LogP contribution >= 0.6 is 11.6 Å². The maximum Gasteiger partial charge on any atom is 0.240 e. The second kappa shape index (κ2) is 6.52. The van der Waals surface area contributed by atoms with Crippen LogP contribution in [-0.4, -0.2) is 31.2 Å². The Balaban J connectivity index is 2.03. The molecule has 0 spiro atoms. The molecule has 2 rings (SSSR count). The zero-order valence-corrected chi connectivity index (χ0v) is 12.2. The highest BCUT2D eigenvalue weighted by atomic mass is 35.5. The van der Waals surface area contributed by atoms with Crippen molar-refractivity contribution in [2.75, 3.05) is 13.2 Å². The zero-order chi connectivity index (χ0) is 14.7. The second-order valence-corrected chi connectivity index (χ2v) is 5.31. The smallest absolute Gasteiger partial charge is 0.240 e. The highest BCUT2D eigenvalue weighted by Gasteiger charge is 2.29. The molecular weight excluding hydrogens is 283 g/mol. The zero-order valence-electron chi connectivity index (χ0n) is 11.5. The number of benzene rings is 1. The second-order valence-electron chi connectivity index (χ2n) is 4.90. The van der Waals surface area contributed by atoms with Crippen LogP contribution in [0.2, 0.25) is 5.02 Å². The number of carbonyl (C=O) groups is 1. The van der Waals surface area contributed by atoms with Gasteiger partial charge in [0.25, 0.3) is 0 Å². The van der Waals surface area contributed by atoms with Crippen molar-refractivity contribution in [3.8, 4) is 0 Å². The van der Waals surface area contributed by atoms with Crippen LogP contribution in [0.25, 0.3) is 0 Å². The number of carbonyl (C=O) groups excluding carboxylic acids is 1. The first kappa shape index (κ1) is 15.2. The molecule has 1 aromatic carbocycles. The summed E-state index contributed by atoms with van der Waals surface area (Å²) in [5.41, 5.74) is 0.686. The summed E-state index contributed by atoms with van der Waals surface area (Å²) in [7, 11) is 0. The van der Waals surface area contributed by atoms with Gasteiger partial charge in [-0.05, 0) is 31.5 Å². The molecule has 1 fully saturated rings. The summed E-state index contributed by atoms with van der Waals surface area (Å²) in [5.74, 6) is -0.543. The van der Waals surface area contributed by atoms with Crippen molar-refractivity contribution in [3.63, 3.8) is 0 Å². The summed E-state index contributed by atoms with van der Waals surface area (Å²) in [5, 5.41) is 6.29. The standard InChI is InChI=1S/C14H18ClFN2O2/c1-8(11-4-3-10(16)7-12(11)15)18-14(19)13-9(2)20-6-5-17-13/h3-4,7-9,13,17H,5-6H2,1-2H3,(H,18,19)/t8?,9-,13+/m1/s1. The summed E-state index contributed by atoms with van der Waals surface area (Å²) in [6, 6.07) is 3.46. The van der Waals surface area contributed by atoms with E-state index in [4.69, 9.17) is 16.3 Å². The van der Waals surface area contributed by atoms with E-state index in [-0.39, 0.29) is 24.1 Å². The number of amides is 1. The minimum absolute atomic E-state index is 0.148. The number of rotatable bonds is 3. The molecule has 1 amide bonds. The van der Waals surface area contributed by atoms with Crippen LogP contribution < -0.4 is 10.6 Å². The molecule has 0 saturated carbocycles. The van der Waals surface area contributed by atoms with Crippen LogP contribution in [0.4, 0.5) is 4.39 Å². The number of hydrogen-bond acceptors (Lipinski definition) is 3. The van der Waals surface area contributed by atoms with Crippen molar-refractivity contribution in [2.24, 2.45) is 0 Å². The van der Waals surface area contributed by atoms with Crippen molar-refractivity contribution in [3.05, 3.63) is 34.6 Å². The van der Waals surface area contributed by atoms with Gasteiger partial charge in [0.2, 0.25) is 5.91 Å². The summed E-state index contributed by atoms with van der Waals surface area (Å²) in [4.78, 5) is 12.2. The lowest BCUT2D eigenvalue weighted by Gasteiger charge is -2.30. The molecule has 110 valence electrons. The molecule has 1 aliphatic heterocycles. The molecular formula is C14H18ClFN2O2. The van der Waals surface area contributed by atoms with E-state index in [1.54, 1.807) is 6.07 Å². The largest absolute Gasteiger partial charge is 0.375 e. The summed E-state index contributed by atoms with van der Waals surface area (Å²) in [6.07, 6.45) is -0.181. The van der Waals surface area contributed by atoms with Gasteiger partial charge in [0.1, 0.15) is 11.9 Å². The van der Waals surface area contributed by atoms with Crippen LogP contribution in [0.3, 0.4) is 0 Å². The molecule has 3 atom stereocenters. The van der Waals surface area contributed by atoms with Gasteiger partial charge in [-0.2, -0.15) is 0 Å². The third kappa shape index (κ3) is 3.48. The van der Waals surface area contributed by atoms with Gasteiger partial charge in [0, 0.05) is 11.6 Å². The van der Waals surface area contributed by atoms with Gasteiger partial charge in [-0.1, -0.05) is 17.7 Å². The molecule has 6 heteroatoms. The normalized spacial score (nSPS) is 24.2. The van der Waals surface area contributed by atoms with Crippen molar-refractivity contribution >= 4 is 17.5 Å². The van der Waals surface area contributed by atoms with Gasteiger partial charge >= 0.3 is 0 Å². The first-order valence-electron chi connectivity index (χ1n) is 6.59. The predicted octanol–water partition coefficient (Wildman–Crippen LogP) is 2.03. The van der Waals surface area contributed by atoms with E-state index in [0.29, 0.717) is 23.7 Å². The molecule has 1 saturated heterocycles. The van der Waals surface area contributed by atoms with Crippen molar-refractivity contribution < 1.29 is 13.9 Å². The van der Waals surface area contributed by atoms with Crippen LogP contribution in [0, 0.1) is 5.82 Å². The van der Waals surface area contributed by atoms with Crippen molar-refractivity contribution in [2.45, 2.75) is 32.0 Å². The van der Waals surface area contributed by atoms with Gasteiger partial charge in [-0.25, -0.2) is 4.39 Å². The monoisotopic (exact) mass is 300 g/mol. The number of hydrogen-bond donors (Lipinski definition) is 2. The summed E-state index contributed by atoms with van der Waals surface area (Å²) >= 11 is 5.99. The van der Waals surface area contributed by atoms with E-state index in [1.165, 1.54) is 12.1 Å². The highest BCUT2D eigenvalue weighted by molar-refractivity contribution is 6.31. The minimum atomic E-state index is -0.395. The first-order valence-corrected chi connectivity index (χ1v) is 6.97. The quantitative estimate of drug-likeness (QED) is 0.898. The first-order chi connectivity index (χ1) is 9.49.